The SMILES string of the molecule is OCC(NCc1ccnc(Br)c1)c1ccccc1. The van der Waals surface area contributed by atoms with Gasteiger partial charge in [0.1, 0.15) is 4.60 Å². The second-order valence-electron chi connectivity index (χ2n) is 4.01. The largest absolute Gasteiger partial charge is 0.394 e. The first-order valence-corrected chi connectivity index (χ1v) is 6.58. The number of hydrogen-bond acceptors (Lipinski definition) is 3. The molecule has 0 aliphatic carbocycles. The maximum atomic E-state index is 9.43. The van der Waals surface area contributed by atoms with Crippen molar-refractivity contribution >= 4 is 15.9 Å². The zero-order valence-electron chi connectivity index (χ0n) is 9.88. The van der Waals surface area contributed by atoms with Gasteiger partial charge >= 0.3 is 0 Å². The van der Waals surface area contributed by atoms with Crippen LogP contribution < -0.4 is 5.32 Å². The molecule has 0 saturated carbocycles. The van der Waals surface area contributed by atoms with Crippen molar-refractivity contribution in [2.24, 2.45) is 0 Å². The number of halogens is 1. The van der Waals surface area contributed by atoms with Gasteiger partial charge in [0.2, 0.25) is 0 Å². The molecule has 1 aromatic heterocycles. The molecule has 0 aliphatic heterocycles. The summed E-state index contributed by atoms with van der Waals surface area (Å²) in [7, 11) is 0. The van der Waals surface area contributed by atoms with Crippen molar-refractivity contribution in [3.63, 3.8) is 0 Å². The maximum Gasteiger partial charge on any atom is 0.106 e. The van der Waals surface area contributed by atoms with Crippen LogP contribution in [0.4, 0.5) is 0 Å². The third-order valence-electron chi connectivity index (χ3n) is 2.73. The highest BCUT2D eigenvalue weighted by atomic mass is 79.9. The predicted molar refractivity (Wildman–Crippen MR) is 75.0 cm³/mol. The number of nitrogens with zero attached hydrogens (tertiary/aromatic N) is 1. The molecule has 0 aliphatic rings. The van der Waals surface area contributed by atoms with Crippen LogP contribution in [0.1, 0.15) is 17.2 Å². The average Bonchev–Trinajstić information content (AvgIpc) is 2.41. The van der Waals surface area contributed by atoms with Crippen LogP contribution in [0, 0.1) is 0 Å². The summed E-state index contributed by atoms with van der Waals surface area (Å²) in [5, 5.41) is 12.8. The van der Waals surface area contributed by atoms with Crippen LogP contribution in [0.3, 0.4) is 0 Å². The van der Waals surface area contributed by atoms with Gasteiger partial charge in [0.05, 0.1) is 12.6 Å². The van der Waals surface area contributed by atoms with Crippen LogP contribution in [0.15, 0.2) is 53.3 Å². The topological polar surface area (TPSA) is 45.1 Å². The minimum Gasteiger partial charge on any atom is -0.394 e. The zero-order chi connectivity index (χ0) is 12.8. The Morgan fingerprint density at radius 3 is 2.67 bits per heavy atom. The van der Waals surface area contributed by atoms with Crippen molar-refractivity contribution in [1.29, 1.82) is 0 Å². The van der Waals surface area contributed by atoms with Crippen molar-refractivity contribution in [3.05, 3.63) is 64.4 Å². The molecule has 0 bridgehead atoms. The van der Waals surface area contributed by atoms with Gasteiger partial charge in [-0.15, -0.1) is 0 Å². The van der Waals surface area contributed by atoms with Crippen molar-refractivity contribution in [1.82, 2.24) is 10.3 Å². The van der Waals surface area contributed by atoms with E-state index in [4.69, 9.17) is 0 Å². The van der Waals surface area contributed by atoms with Crippen LogP contribution in [0.2, 0.25) is 0 Å². The third kappa shape index (κ3) is 3.63. The summed E-state index contributed by atoms with van der Waals surface area (Å²) in [5.74, 6) is 0. The highest BCUT2D eigenvalue weighted by Gasteiger charge is 2.08. The molecular formula is C14H15BrN2O. The van der Waals surface area contributed by atoms with E-state index in [0.717, 1.165) is 15.7 Å². The number of hydrogen-bond donors (Lipinski definition) is 2. The fourth-order valence-corrected chi connectivity index (χ4v) is 2.18. The smallest absolute Gasteiger partial charge is 0.106 e. The van der Waals surface area contributed by atoms with Gasteiger partial charge in [0.15, 0.2) is 0 Å². The zero-order valence-corrected chi connectivity index (χ0v) is 11.5. The van der Waals surface area contributed by atoms with Gasteiger partial charge in [-0.2, -0.15) is 0 Å². The van der Waals surface area contributed by atoms with E-state index < -0.39 is 0 Å². The van der Waals surface area contributed by atoms with E-state index in [1.54, 1.807) is 6.20 Å². The van der Waals surface area contributed by atoms with Gasteiger partial charge in [-0.25, -0.2) is 4.98 Å². The first-order valence-electron chi connectivity index (χ1n) is 5.79. The van der Waals surface area contributed by atoms with Gasteiger partial charge < -0.3 is 10.4 Å². The first kappa shape index (κ1) is 13.2. The van der Waals surface area contributed by atoms with Gasteiger partial charge in [-0.05, 0) is 39.2 Å². The number of aliphatic hydroxyl groups excluding tert-OH is 1. The molecule has 1 unspecified atom stereocenters. The maximum absolute atomic E-state index is 9.43. The third-order valence-corrected chi connectivity index (χ3v) is 3.16. The molecule has 2 aromatic rings. The molecule has 4 heteroatoms. The van der Waals surface area contributed by atoms with Gasteiger partial charge in [-0.3, -0.25) is 0 Å². The van der Waals surface area contributed by atoms with Crippen molar-refractivity contribution < 1.29 is 5.11 Å². The summed E-state index contributed by atoms with van der Waals surface area (Å²) in [5.41, 5.74) is 2.22. The van der Waals surface area contributed by atoms with E-state index in [-0.39, 0.29) is 12.6 Å². The Kier molecular flexibility index (Phi) is 4.87. The van der Waals surface area contributed by atoms with E-state index in [2.05, 4.69) is 26.2 Å². The normalized spacial score (nSPS) is 12.3. The highest BCUT2D eigenvalue weighted by Crippen LogP contribution is 2.13. The standard InChI is InChI=1S/C14H15BrN2O/c15-14-8-11(6-7-16-14)9-17-13(10-18)12-4-2-1-3-5-12/h1-8,13,17-18H,9-10H2. The molecule has 2 rings (SSSR count). The minimum absolute atomic E-state index is 0.0434. The summed E-state index contributed by atoms with van der Waals surface area (Å²) in [4.78, 5) is 4.08. The molecule has 18 heavy (non-hydrogen) atoms. The summed E-state index contributed by atoms with van der Waals surface area (Å²) < 4.78 is 0.821. The first-order chi connectivity index (χ1) is 8.79. The van der Waals surface area contributed by atoms with Crippen LogP contribution >= 0.6 is 15.9 Å². The molecule has 0 fully saturated rings. The molecular weight excluding hydrogens is 292 g/mol. The van der Waals surface area contributed by atoms with E-state index in [0.29, 0.717) is 6.54 Å². The van der Waals surface area contributed by atoms with E-state index in [1.807, 2.05) is 42.5 Å². The second kappa shape index (κ2) is 6.64. The Morgan fingerprint density at radius 2 is 2.00 bits per heavy atom. The van der Waals surface area contributed by atoms with Gasteiger partial charge in [0, 0.05) is 12.7 Å². The number of aromatic nitrogens is 1. The Bertz CT molecular complexity index is 490. The molecule has 3 nitrogen and oxygen atoms in total. The van der Waals surface area contributed by atoms with Crippen LogP contribution in [-0.4, -0.2) is 16.7 Å². The molecule has 0 saturated heterocycles. The second-order valence-corrected chi connectivity index (χ2v) is 4.83. The lowest BCUT2D eigenvalue weighted by Crippen LogP contribution is -2.23. The van der Waals surface area contributed by atoms with Crippen molar-refractivity contribution in [2.45, 2.75) is 12.6 Å². The lowest BCUT2D eigenvalue weighted by molar-refractivity contribution is 0.243. The lowest BCUT2D eigenvalue weighted by atomic mass is 10.1. The predicted octanol–water partition coefficient (Wildman–Crippen LogP) is 2.67. The fraction of sp³-hybridized carbons (Fsp3) is 0.214. The Hall–Kier alpha value is -1.23. The lowest BCUT2D eigenvalue weighted by Gasteiger charge is -2.16. The van der Waals surface area contributed by atoms with Crippen molar-refractivity contribution in [3.8, 4) is 0 Å². The molecule has 0 amide bonds. The van der Waals surface area contributed by atoms with Crippen LogP contribution in [-0.2, 0) is 6.54 Å². The van der Waals surface area contributed by atoms with Gasteiger partial charge in [0.25, 0.3) is 0 Å². The molecule has 1 atom stereocenters. The van der Waals surface area contributed by atoms with Crippen LogP contribution in [0.5, 0.6) is 0 Å². The number of pyridine rings is 1. The monoisotopic (exact) mass is 306 g/mol. The number of aliphatic hydroxyl groups is 1. The molecule has 0 spiro atoms. The Morgan fingerprint density at radius 1 is 1.22 bits per heavy atom. The van der Waals surface area contributed by atoms with Gasteiger partial charge in [-0.1, -0.05) is 30.3 Å². The summed E-state index contributed by atoms with van der Waals surface area (Å²) in [6, 6.07) is 13.8. The van der Waals surface area contributed by atoms with E-state index in [1.165, 1.54) is 0 Å². The Balaban J connectivity index is 2.00. The molecule has 0 radical (unpaired) electrons. The number of benzene rings is 1. The molecule has 2 N–H and O–H groups in total. The number of nitrogens with one attached hydrogen (secondary N) is 1. The number of rotatable bonds is 5. The fourth-order valence-electron chi connectivity index (χ4n) is 1.77. The minimum atomic E-state index is -0.0434. The average molecular weight is 307 g/mol. The quantitative estimate of drug-likeness (QED) is 0.835. The molecule has 94 valence electrons. The highest BCUT2D eigenvalue weighted by molar-refractivity contribution is 9.10. The van der Waals surface area contributed by atoms with E-state index in [9.17, 15) is 5.11 Å². The molecule has 1 aromatic carbocycles. The Labute approximate surface area is 115 Å². The summed E-state index contributed by atoms with van der Waals surface area (Å²) in [6.07, 6.45) is 1.76. The van der Waals surface area contributed by atoms with E-state index >= 15 is 0 Å². The summed E-state index contributed by atoms with van der Waals surface area (Å²) >= 11 is 3.34. The van der Waals surface area contributed by atoms with Crippen molar-refractivity contribution in [2.75, 3.05) is 6.61 Å². The summed E-state index contributed by atoms with van der Waals surface area (Å²) in [6.45, 7) is 0.775. The molecule has 1 heterocycles. The van der Waals surface area contributed by atoms with Crippen LogP contribution in [0.25, 0.3) is 0 Å².